The van der Waals surface area contributed by atoms with Crippen LogP contribution in [0.15, 0.2) is 18.3 Å². The van der Waals surface area contributed by atoms with Crippen LogP contribution in [0.2, 0.25) is 0 Å². The molecule has 18 heavy (non-hydrogen) atoms. The van der Waals surface area contributed by atoms with Crippen molar-refractivity contribution in [3.8, 4) is 0 Å². The third-order valence-corrected chi connectivity index (χ3v) is 4.34. The van der Waals surface area contributed by atoms with Crippen molar-refractivity contribution in [2.24, 2.45) is 11.8 Å². The summed E-state index contributed by atoms with van der Waals surface area (Å²) in [6, 6.07) is 4.37. The van der Waals surface area contributed by atoms with Crippen molar-refractivity contribution in [1.29, 1.82) is 0 Å². The molecular formula is C14H21N3O. The Morgan fingerprint density at radius 2 is 2.28 bits per heavy atom. The average molecular weight is 247 g/mol. The molecule has 98 valence electrons. The van der Waals surface area contributed by atoms with Crippen molar-refractivity contribution in [1.82, 2.24) is 10.4 Å². The van der Waals surface area contributed by atoms with E-state index in [-0.39, 0.29) is 12.1 Å². The Morgan fingerprint density at radius 1 is 1.44 bits per heavy atom. The predicted molar refractivity (Wildman–Crippen MR) is 69.9 cm³/mol. The standard InChI is InChI=1S/C14H21N3O/c1-18-14(10-4-5-10)13(17-15)11-7-6-9-3-2-8-16-12(9)11/h2-3,8,10-11,13-14,17H,4-7,15H2,1H3. The van der Waals surface area contributed by atoms with Crippen molar-refractivity contribution in [2.45, 2.75) is 43.7 Å². The minimum absolute atomic E-state index is 0.179. The van der Waals surface area contributed by atoms with E-state index in [9.17, 15) is 0 Å². The first-order valence-corrected chi connectivity index (χ1v) is 6.78. The lowest BCUT2D eigenvalue weighted by molar-refractivity contribution is 0.0417. The Balaban J connectivity index is 1.84. The fourth-order valence-electron chi connectivity index (χ4n) is 3.29. The zero-order chi connectivity index (χ0) is 12.5. The van der Waals surface area contributed by atoms with Crippen LogP contribution in [0.4, 0.5) is 0 Å². The van der Waals surface area contributed by atoms with Gasteiger partial charge in [0.15, 0.2) is 0 Å². The summed E-state index contributed by atoms with van der Waals surface area (Å²) in [5.74, 6) is 6.85. The largest absolute Gasteiger partial charge is 0.379 e. The molecule has 4 heteroatoms. The highest BCUT2D eigenvalue weighted by Gasteiger charge is 2.42. The zero-order valence-corrected chi connectivity index (χ0v) is 10.8. The molecule has 0 radical (unpaired) electrons. The van der Waals surface area contributed by atoms with Crippen LogP contribution in [-0.4, -0.2) is 24.2 Å². The Morgan fingerprint density at radius 3 is 2.94 bits per heavy atom. The van der Waals surface area contributed by atoms with Crippen molar-refractivity contribution >= 4 is 0 Å². The van der Waals surface area contributed by atoms with Crippen molar-refractivity contribution in [3.63, 3.8) is 0 Å². The van der Waals surface area contributed by atoms with E-state index >= 15 is 0 Å². The molecule has 1 heterocycles. The fourth-order valence-corrected chi connectivity index (χ4v) is 3.29. The molecule has 1 saturated carbocycles. The van der Waals surface area contributed by atoms with Gasteiger partial charge in [0.2, 0.25) is 0 Å². The minimum atomic E-state index is 0.179. The lowest BCUT2D eigenvalue weighted by Gasteiger charge is -2.30. The molecule has 2 aliphatic carbocycles. The summed E-state index contributed by atoms with van der Waals surface area (Å²) in [6.07, 6.45) is 6.84. The van der Waals surface area contributed by atoms with Gasteiger partial charge in [-0.25, -0.2) is 0 Å². The molecule has 0 amide bonds. The third-order valence-electron chi connectivity index (χ3n) is 4.34. The van der Waals surface area contributed by atoms with E-state index in [4.69, 9.17) is 10.6 Å². The summed E-state index contributed by atoms with van der Waals surface area (Å²) < 4.78 is 5.68. The van der Waals surface area contributed by atoms with Gasteiger partial charge in [-0.2, -0.15) is 0 Å². The van der Waals surface area contributed by atoms with Gasteiger partial charge in [-0.15, -0.1) is 0 Å². The molecule has 1 aromatic heterocycles. The number of methoxy groups -OCH3 is 1. The number of nitrogens with two attached hydrogens (primary N) is 1. The topological polar surface area (TPSA) is 60.2 Å². The van der Waals surface area contributed by atoms with Gasteiger partial charge >= 0.3 is 0 Å². The monoisotopic (exact) mass is 247 g/mol. The molecule has 0 spiro atoms. The molecule has 4 nitrogen and oxygen atoms in total. The lowest BCUT2D eigenvalue weighted by atomic mass is 9.90. The highest BCUT2D eigenvalue weighted by Crippen LogP contribution is 2.42. The molecule has 0 saturated heterocycles. The first kappa shape index (κ1) is 12.1. The Labute approximate surface area is 108 Å². The van der Waals surface area contributed by atoms with E-state index in [1.54, 1.807) is 7.11 Å². The molecule has 0 aromatic carbocycles. The van der Waals surface area contributed by atoms with Crippen molar-refractivity contribution in [2.75, 3.05) is 7.11 Å². The zero-order valence-electron chi connectivity index (χ0n) is 10.8. The maximum atomic E-state index is 5.79. The summed E-state index contributed by atoms with van der Waals surface area (Å²) in [5.41, 5.74) is 5.57. The van der Waals surface area contributed by atoms with Crippen molar-refractivity contribution < 1.29 is 4.74 Å². The Bertz CT molecular complexity index is 419. The van der Waals surface area contributed by atoms with E-state index < -0.39 is 0 Å². The van der Waals surface area contributed by atoms with E-state index in [1.165, 1.54) is 24.1 Å². The number of aromatic nitrogens is 1. The summed E-state index contributed by atoms with van der Waals surface area (Å²) in [6.45, 7) is 0. The van der Waals surface area contributed by atoms with Crippen LogP contribution < -0.4 is 11.3 Å². The van der Waals surface area contributed by atoms with Gasteiger partial charge in [-0.1, -0.05) is 6.07 Å². The first-order valence-electron chi connectivity index (χ1n) is 6.78. The molecule has 0 bridgehead atoms. The highest BCUT2D eigenvalue weighted by atomic mass is 16.5. The number of aryl methyl sites for hydroxylation is 1. The van der Waals surface area contributed by atoms with Crippen molar-refractivity contribution in [3.05, 3.63) is 29.6 Å². The SMILES string of the molecule is COC(C1CC1)C(NN)C1CCc2cccnc21. The maximum absolute atomic E-state index is 5.79. The highest BCUT2D eigenvalue weighted by molar-refractivity contribution is 5.30. The molecule has 3 unspecified atom stereocenters. The maximum Gasteiger partial charge on any atom is 0.0772 e. The number of rotatable bonds is 5. The minimum Gasteiger partial charge on any atom is -0.379 e. The number of nitrogens with one attached hydrogen (secondary N) is 1. The number of hydrogen-bond donors (Lipinski definition) is 2. The Kier molecular flexibility index (Phi) is 3.33. The van der Waals surface area contributed by atoms with Gasteiger partial charge < -0.3 is 4.74 Å². The van der Waals surface area contributed by atoms with Gasteiger partial charge in [0.1, 0.15) is 0 Å². The second-order valence-electron chi connectivity index (χ2n) is 5.42. The number of pyridine rings is 1. The smallest absolute Gasteiger partial charge is 0.0772 e. The second-order valence-corrected chi connectivity index (χ2v) is 5.42. The fraction of sp³-hybridized carbons (Fsp3) is 0.643. The lowest BCUT2D eigenvalue weighted by Crippen LogP contribution is -2.49. The van der Waals surface area contributed by atoms with E-state index in [2.05, 4.69) is 16.5 Å². The normalized spacial score (nSPS) is 25.8. The van der Waals surface area contributed by atoms with Gasteiger partial charge in [-0.3, -0.25) is 16.3 Å². The molecule has 3 N–H and O–H groups in total. The summed E-state index contributed by atoms with van der Waals surface area (Å²) in [4.78, 5) is 4.55. The predicted octanol–water partition coefficient (Wildman–Crippen LogP) is 1.37. The molecular weight excluding hydrogens is 226 g/mol. The number of hydrazine groups is 1. The quantitative estimate of drug-likeness (QED) is 0.609. The summed E-state index contributed by atoms with van der Waals surface area (Å²) >= 11 is 0. The van der Waals surface area contributed by atoms with Gasteiger partial charge in [0.05, 0.1) is 12.1 Å². The Hall–Kier alpha value is -0.970. The van der Waals surface area contributed by atoms with Crippen LogP contribution >= 0.6 is 0 Å². The van der Waals surface area contributed by atoms with E-state index in [0.29, 0.717) is 11.8 Å². The van der Waals surface area contributed by atoms with Crippen LogP contribution in [0, 0.1) is 5.92 Å². The number of hydrogen-bond acceptors (Lipinski definition) is 4. The van der Waals surface area contributed by atoms with Crippen LogP contribution in [0.25, 0.3) is 0 Å². The van der Waals surface area contributed by atoms with Crippen LogP contribution in [0.1, 0.15) is 36.4 Å². The average Bonchev–Trinajstić information content (AvgIpc) is 3.16. The van der Waals surface area contributed by atoms with E-state index in [0.717, 1.165) is 12.8 Å². The van der Waals surface area contributed by atoms with E-state index in [1.807, 2.05) is 12.3 Å². The number of fused-ring (bicyclic) bond motifs is 1. The molecule has 2 aliphatic rings. The molecule has 3 atom stereocenters. The summed E-state index contributed by atoms with van der Waals surface area (Å²) in [7, 11) is 1.79. The molecule has 0 aliphatic heterocycles. The van der Waals surface area contributed by atoms with Gasteiger partial charge in [-0.05, 0) is 43.2 Å². The molecule has 1 fully saturated rings. The molecule has 3 rings (SSSR count). The first-order chi connectivity index (χ1) is 8.85. The third kappa shape index (κ3) is 2.05. The molecule has 1 aromatic rings. The van der Waals surface area contributed by atoms with Gasteiger partial charge in [0.25, 0.3) is 0 Å². The number of nitrogens with zero attached hydrogens (tertiary/aromatic N) is 1. The van der Waals surface area contributed by atoms with Crippen LogP contribution in [0.5, 0.6) is 0 Å². The number of ether oxygens (including phenoxy) is 1. The summed E-state index contributed by atoms with van der Waals surface area (Å²) in [5, 5.41) is 0. The van der Waals surface area contributed by atoms with Gasteiger partial charge in [0, 0.05) is 24.9 Å². The van der Waals surface area contributed by atoms with Crippen LogP contribution in [0.3, 0.4) is 0 Å². The second kappa shape index (κ2) is 4.96. The van der Waals surface area contributed by atoms with Crippen LogP contribution in [-0.2, 0) is 11.2 Å².